The third-order valence-electron chi connectivity index (χ3n) is 5.43. The Labute approximate surface area is 179 Å². The SMILES string of the molecule is Cc1ccc(CN(C(=O)Cc2ccc(OCC(C)C)cc2)[C@H]2CCNC[C@H]2F)cc1. The van der Waals surface area contributed by atoms with Crippen molar-refractivity contribution in [2.45, 2.75) is 52.4 Å². The first-order valence-electron chi connectivity index (χ1n) is 10.8. The number of ether oxygens (including phenoxy) is 1. The number of alkyl halides is 1. The number of amides is 1. The maximum atomic E-state index is 14.7. The van der Waals surface area contributed by atoms with E-state index < -0.39 is 12.2 Å². The van der Waals surface area contributed by atoms with Crippen LogP contribution in [0.3, 0.4) is 0 Å². The van der Waals surface area contributed by atoms with Gasteiger partial charge in [-0.25, -0.2) is 4.39 Å². The van der Waals surface area contributed by atoms with Crippen LogP contribution in [0.25, 0.3) is 0 Å². The zero-order valence-electron chi connectivity index (χ0n) is 18.2. The predicted molar refractivity (Wildman–Crippen MR) is 118 cm³/mol. The minimum atomic E-state index is -1.06. The van der Waals surface area contributed by atoms with Gasteiger partial charge in [0.1, 0.15) is 11.9 Å². The standard InChI is InChI=1S/C25H33FN2O2/c1-18(2)17-30-22-10-8-20(9-11-22)14-25(29)28(24-12-13-27-15-23(24)26)16-21-6-4-19(3)5-7-21/h4-11,18,23-24,27H,12-17H2,1-3H3/t23-,24+/m1/s1. The molecule has 1 heterocycles. The second-order valence-electron chi connectivity index (χ2n) is 8.61. The van der Waals surface area contributed by atoms with E-state index in [1.165, 1.54) is 5.56 Å². The lowest BCUT2D eigenvalue weighted by molar-refractivity contribution is -0.135. The zero-order chi connectivity index (χ0) is 21.5. The summed E-state index contributed by atoms with van der Waals surface area (Å²) >= 11 is 0. The minimum absolute atomic E-state index is 0.0408. The fourth-order valence-electron chi connectivity index (χ4n) is 3.68. The van der Waals surface area contributed by atoms with Crippen molar-refractivity contribution < 1.29 is 13.9 Å². The van der Waals surface area contributed by atoms with Gasteiger partial charge in [0.05, 0.1) is 19.1 Å². The van der Waals surface area contributed by atoms with Crippen LogP contribution in [-0.2, 0) is 17.8 Å². The van der Waals surface area contributed by atoms with Gasteiger partial charge in [-0.2, -0.15) is 0 Å². The van der Waals surface area contributed by atoms with Crippen molar-refractivity contribution in [2.24, 2.45) is 5.92 Å². The van der Waals surface area contributed by atoms with Crippen molar-refractivity contribution in [3.63, 3.8) is 0 Å². The van der Waals surface area contributed by atoms with E-state index in [2.05, 4.69) is 19.2 Å². The van der Waals surface area contributed by atoms with Crippen molar-refractivity contribution >= 4 is 5.91 Å². The van der Waals surface area contributed by atoms with E-state index in [0.717, 1.165) is 23.4 Å². The maximum absolute atomic E-state index is 14.7. The lowest BCUT2D eigenvalue weighted by Gasteiger charge is -2.37. The quantitative estimate of drug-likeness (QED) is 0.703. The molecule has 2 aromatic rings. The first kappa shape index (κ1) is 22.3. The molecule has 1 amide bonds. The van der Waals surface area contributed by atoms with Gasteiger partial charge in [0.25, 0.3) is 0 Å². The monoisotopic (exact) mass is 412 g/mol. The number of piperidine rings is 1. The summed E-state index contributed by atoms with van der Waals surface area (Å²) in [5, 5.41) is 3.08. The molecule has 0 bridgehead atoms. The number of hydrogen-bond donors (Lipinski definition) is 1. The van der Waals surface area contributed by atoms with Crippen LogP contribution in [0.2, 0.25) is 0 Å². The van der Waals surface area contributed by atoms with Crippen LogP contribution < -0.4 is 10.1 Å². The van der Waals surface area contributed by atoms with Gasteiger partial charge in [-0.3, -0.25) is 4.79 Å². The molecule has 30 heavy (non-hydrogen) atoms. The van der Waals surface area contributed by atoms with E-state index in [0.29, 0.717) is 32.0 Å². The summed E-state index contributed by atoms with van der Waals surface area (Å²) in [6.07, 6.45) is -0.173. The highest BCUT2D eigenvalue weighted by Crippen LogP contribution is 2.21. The highest BCUT2D eigenvalue weighted by atomic mass is 19.1. The molecule has 4 nitrogen and oxygen atoms in total. The molecule has 2 aromatic carbocycles. The molecule has 0 saturated carbocycles. The molecule has 3 rings (SSSR count). The fraction of sp³-hybridized carbons (Fsp3) is 0.480. The second-order valence-corrected chi connectivity index (χ2v) is 8.61. The van der Waals surface area contributed by atoms with E-state index in [1.807, 2.05) is 55.5 Å². The molecular weight excluding hydrogens is 379 g/mol. The van der Waals surface area contributed by atoms with E-state index >= 15 is 0 Å². The molecule has 1 aliphatic heterocycles. The first-order valence-corrected chi connectivity index (χ1v) is 10.8. The van der Waals surface area contributed by atoms with Crippen LogP contribution in [0.1, 0.15) is 37.0 Å². The predicted octanol–water partition coefficient (Wildman–Crippen LogP) is 4.30. The Bertz CT molecular complexity index is 805. The minimum Gasteiger partial charge on any atom is -0.493 e. The average molecular weight is 413 g/mol. The van der Waals surface area contributed by atoms with E-state index in [4.69, 9.17) is 4.74 Å². The average Bonchev–Trinajstić information content (AvgIpc) is 2.73. The van der Waals surface area contributed by atoms with Crippen LogP contribution in [0, 0.1) is 12.8 Å². The normalized spacial score (nSPS) is 19.0. The van der Waals surface area contributed by atoms with Crippen molar-refractivity contribution in [1.29, 1.82) is 0 Å². The number of nitrogens with one attached hydrogen (secondary N) is 1. The molecule has 1 aliphatic rings. The van der Waals surface area contributed by atoms with Crippen LogP contribution in [-0.4, -0.2) is 42.7 Å². The Morgan fingerprint density at radius 3 is 2.43 bits per heavy atom. The third-order valence-corrected chi connectivity index (χ3v) is 5.43. The van der Waals surface area contributed by atoms with Gasteiger partial charge in [0.15, 0.2) is 0 Å². The number of hydrogen-bond acceptors (Lipinski definition) is 3. The summed E-state index contributed by atoms with van der Waals surface area (Å²) in [5.74, 6) is 1.22. The summed E-state index contributed by atoms with van der Waals surface area (Å²) in [6, 6.07) is 15.4. The topological polar surface area (TPSA) is 41.6 Å². The molecule has 162 valence electrons. The molecule has 2 atom stereocenters. The number of carbonyl (C=O) groups is 1. The van der Waals surface area contributed by atoms with Gasteiger partial charge in [-0.1, -0.05) is 55.8 Å². The first-order chi connectivity index (χ1) is 14.4. The largest absolute Gasteiger partial charge is 0.493 e. The summed E-state index contributed by atoms with van der Waals surface area (Å²) in [7, 11) is 0. The molecular formula is C25H33FN2O2. The molecule has 0 aromatic heterocycles. The highest BCUT2D eigenvalue weighted by Gasteiger charge is 2.33. The Morgan fingerprint density at radius 1 is 1.13 bits per heavy atom. The number of nitrogens with zero attached hydrogens (tertiary/aromatic N) is 1. The van der Waals surface area contributed by atoms with Gasteiger partial charge in [0.2, 0.25) is 5.91 Å². The van der Waals surface area contributed by atoms with E-state index in [-0.39, 0.29) is 12.3 Å². The second kappa shape index (κ2) is 10.6. The third kappa shape index (κ3) is 6.30. The Morgan fingerprint density at radius 2 is 1.80 bits per heavy atom. The Hall–Kier alpha value is -2.40. The Balaban J connectivity index is 1.71. The number of halogens is 1. The molecule has 5 heteroatoms. The highest BCUT2D eigenvalue weighted by molar-refractivity contribution is 5.79. The summed E-state index contributed by atoms with van der Waals surface area (Å²) in [6.45, 7) is 8.36. The summed E-state index contributed by atoms with van der Waals surface area (Å²) in [5.41, 5.74) is 3.11. The van der Waals surface area contributed by atoms with Gasteiger partial charge in [0, 0.05) is 13.1 Å². The van der Waals surface area contributed by atoms with Crippen LogP contribution in [0.15, 0.2) is 48.5 Å². The molecule has 0 spiro atoms. The lowest BCUT2D eigenvalue weighted by atomic mass is 10.00. The van der Waals surface area contributed by atoms with Gasteiger partial charge < -0.3 is 15.0 Å². The smallest absolute Gasteiger partial charge is 0.227 e. The molecule has 1 N–H and O–H groups in total. The van der Waals surface area contributed by atoms with Crippen molar-refractivity contribution in [3.8, 4) is 5.75 Å². The molecule has 0 unspecified atom stereocenters. The van der Waals surface area contributed by atoms with Gasteiger partial charge >= 0.3 is 0 Å². The van der Waals surface area contributed by atoms with Crippen LogP contribution in [0.4, 0.5) is 4.39 Å². The lowest BCUT2D eigenvalue weighted by Crippen LogP contribution is -2.53. The number of rotatable bonds is 8. The van der Waals surface area contributed by atoms with E-state index in [1.54, 1.807) is 4.90 Å². The summed E-state index contributed by atoms with van der Waals surface area (Å²) < 4.78 is 20.4. The number of benzene rings is 2. The molecule has 1 fully saturated rings. The Kier molecular flexibility index (Phi) is 7.86. The van der Waals surface area contributed by atoms with Crippen LogP contribution in [0.5, 0.6) is 5.75 Å². The molecule has 1 saturated heterocycles. The van der Waals surface area contributed by atoms with Crippen molar-refractivity contribution in [1.82, 2.24) is 10.2 Å². The number of carbonyl (C=O) groups excluding carboxylic acids is 1. The van der Waals surface area contributed by atoms with Crippen LogP contribution >= 0.6 is 0 Å². The molecule has 0 radical (unpaired) electrons. The van der Waals surface area contributed by atoms with Crippen molar-refractivity contribution in [2.75, 3.05) is 19.7 Å². The molecule has 0 aliphatic carbocycles. The fourth-order valence-corrected chi connectivity index (χ4v) is 3.68. The maximum Gasteiger partial charge on any atom is 0.227 e. The van der Waals surface area contributed by atoms with E-state index in [9.17, 15) is 9.18 Å². The van der Waals surface area contributed by atoms with Gasteiger partial charge in [-0.05, 0) is 49.1 Å². The van der Waals surface area contributed by atoms with Crippen molar-refractivity contribution in [3.05, 3.63) is 65.2 Å². The van der Waals surface area contributed by atoms with Gasteiger partial charge in [-0.15, -0.1) is 0 Å². The zero-order valence-corrected chi connectivity index (χ0v) is 18.2. The number of aryl methyl sites for hydroxylation is 1. The summed E-state index contributed by atoms with van der Waals surface area (Å²) in [4.78, 5) is 15.0.